The predicted molar refractivity (Wildman–Crippen MR) is 77.5 cm³/mol. The molecule has 0 aliphatic carbocycles. The summed E-state index contributed by atoms with van der Waals surface area (Å²) in [6.45, 7) is 4.64. The van der Waals surface area contributed by atoms with E-state index in [-0.39, 0.29) is 5.91 Å². The van der Waals surface area contributed by atoms with E-state index in [1.165, 1.54) is 10.5 Å². The number of H-pyrrole nitrogens is 1. The number of aromatic amines is 1. The first kappa shape index (κ1) is 13.7. The van der Waals surface area contributed by atoms with Crippen LogP contribution >= 0.6 is 0 Å². The van der Waals surface area contributed by atoms with E-state index in [1.807, 2.05) is 17.3 Å². The average Bonchev–Trinajstić information content (AvgIpc) is 2.57. The standard InChI is InChI=1S/C16H18N4O/c21-16(15-3-7-18-8-4-15)20-11-9-19(10-12-20)13-14-1-5-17-6-2-14/h1-8H,9-13H2/p+2. The van der Waals surface area contributed by atoms with Crippen LogP contribution in [-0.2, 0) is 6.54 Å². The summed E-state index contributed by atoms with van der Waals surface area (Å²) in [5.74, 6) is 0.116. The van der Waals surface area contributed by atoms with E-state index < -0.39 is 0 Å². The third-order valence-corrected chi connectivity index (χ3v) is 3.93. The number of aromatic nitrogens is 2. The Morgan fingerprint density at radius 3 is 2.48 bits per heavy atom. The van der Waals surface area contributed by atoms with Crippen LogP contribution in [0.15, 0.2) is 49.1 Å². The minimum absolute atomic E-state index is 0.116. The lowest BCUT2D eigenvalue weighted by molar-refractivity contribution is -0.917. The summed E-state index contributed by atoms with van der Waals surface area (Å²) >= 11 is 0. The van der Waals surface area contributed by atoms with E-state index in [1.54, 1.807) is 24.5 Å². The molecule has 5 heteroatoms. The second-order valence-electron chi connectivity index (χ2n) is 5.36. The molecule has 3 heterocycles. The lowest BCUT2D eigenvalue weighted by Gasteiger charge is -2.32. The summed E-state index contributed by atoms with van der Waals surface area (Å²) in [6.07, 6.45) is 7.25. The smallest absolute Gasteiger partial charge is 0.254 e. The lowest BCUT2D eigenvalue weighted by Crippen LogP contribution is -3.13. The number of quaternary nitrogens is 1. The minimum Gasteiger partial charge on any atom is -0.328 e. The van der Waals surface area contributed by atoms with Crippen molar-refractivity contribution < 1.29 is 14.7 Å². The van der Waals surface area contributed by atoms with Crippen LogP contribution in [0, 0.1) is 0 Å². The SMILES string of the molecule is O=C(c1ccncc1)N1CC[NH+](Cc2cc[nH+]cc2)CC1. The van der Waals surface area contributed by atoms with Gasteiger partial charge in [0.1, 0.15) is 6.54 Å². The van der Waals surface area contributed by atoms with E-state index in [0.29, 0.717) is 0 Å². The van der Waals surface area contributed by atoms with Gasteiger partial charge in [0.15, 0.2) is 12.4 Å². The largest absolute Gasteiger partial charge is 0.328 e. The summed E-state index contributed by atoms with van der Waals surface area (Å²) in [5, 5.41) is 0. The van der Waals surface area contributed by atoms with Crippen molar-refractivity contribution in [2.45, 2.75) is 6.54 Å². The third-order valence-electron chi connectivity index (χ3n) is 3.93. The van der Waals surface area contributed by atoms with Gasteiger partial charge >= 0.3 is 0 Å². The Morgan fingerprint density at radius 2 is 1.81 bits per heavy atom. The zero-order valence-electron chi connectivity index (χ0n) is 12.0. The molecule has 0 atom stereocenters. The quantitative estimate of drug-likeness (QED) is 0.821. The molecular formula is C16H20N4O+2. The molecule has 1 amide bonds. The zero-order valence-corrected chi connectivity index (χ0v) is 12.0. The molecule has 1 saturated heterocycles. The fourth-order valence-corrected chi connectivity index (χ4v) is 2.71. The average molecular weight is 284 g/mol. The van der Waals surface area contributed by atoms with Crippen LogP contribution in [0.5, 0.6) is 0 Å². The Hall–Kier alpha value is -2.27. The van der Waals surface area contributed by atoms with Crippen LogP contribution < -0.4 is 9.88 Å². The van der Waals surface area contributed by atoms with E-state index in [2.05, 4.69) is 22.1 Å². The van der Waals surface area contributed by atoms with Crippen molar-refractivity contribution in [2.24, 2.45) is 0 Å². The Bertz CT molecular complexity index is 580. The molecule has 1 fully saturated rings. The Morgan fingerprint density at radius 1 is 1.14 bits per heavy atom. The Balaban J connectivity index is 1.54. The maximum absolute atomic E-state index is 12.3. The van der Waals surface area contributed by atoms with Gasteiger partial charge in [0.05, 0.1) is 26.2 Å². The molecule has 0 aromatic carbocycles. The van der Waals surface area contributed by atoms with Crippen LogP contribution in [-0.4, -0.2) is 42.0 Å². The van der Waals surface area contributed by atoms with Gasteiger partial charge in [0, 0.05) is 35.7 Å². The van der Waals surface area contributed by atoms with E-state index in [9.17, 15) is 4.79 Å². The van der Waals surface area contributed by atoms with Gasteiger partial charge in [-0.3, -0.25) is 9.78 Å². The summed E-state index contributed by atoms with van der Waals surface area (Å²) in [5.41, 5.74) is 2.06. The topological polar surface area (TPSA) is 51.8 Å². The number of carbonyl (C=O) groups is 1. The highest BCUT2D eigenvalue weighted by Crippen LogP contribution is 2.03. The molecule has 5 nitrogen and oxygen atoms in total. The molecule has 2 aromatic rings. The number of hydrogen-bond acceptors (Lipinski definition) is 2. The molecule has 0 saturated carbocycles. The van der Waals surface area contributed by atoms with Gasteiger partial charge in [-0.05, 0) is 12.1 Å². The molecule has 3 rings (SSSR count). The van der Waals surface area contributed by atoms with Crippen LogP contribution in [0.3, 0.4) is 0 Å². The van der Waals surface area contributed by atoms with Gasteiger partial charge < -0.3 is 9.80 Å². The van der Waals surface area contributed by atoms with Crippen molar-refractivity contribution in [3.05, 3.63) is 60.2 Å². The number of rotatable bonds is 3. The number of piperazine rings is 1. The molecule has 2 N–H and O–H groups in total. The van der Waals surface area contributed by atoms with Crippen molar-refractivity contribution in [3.8, 4) is 0 Å². The van der Waals surface area contributed by atoms with Gasteiger partial charge in [0.2, 0.25) is 0 Å². The molecule has 108 valence electrons. The van der Waals surface area contributed by atoms with Gasteiger partial charge in [0.25, 0.3) is 5.91 Å². The number of pyridine rings is 2. The first-order chi connectivity index (χ1) is 10.3. The van der Waals surface area contributed by atoms with Gasteiger partial charge in [-0.25, -0.2) is 4.98 Å². The van der Waals surface area contributed by atoms with Crippen molar-refractivity contribution in [2.75, 3.05) is 26.2 Å². The fraction of sp³-hybridized carbons (Fsp3) is 0.312. The van der Waals surface area contributed by atoms with Crippen LogP contribution in [0.4, 0.5) is 0 Å². The molecule has 1 aliphatic heterocycles. The maximum atomic E-state index is 12.3. The number of nitrogens with one attached hydrogen (secondary N) is 2. The van der Waals surface area contributed by atoms with Crippen LogP contribution in [0.1, 0.15) is 15.9 Å². The van der Waals surface area contributed by atoms with E-state index >= 15 is 0 Å². The number of hydrogen-bond donors (Lipinski definition) is 1. The van der Waals surface area contributed by atoms with Crippen LogP contribution in [0.25, 0.3) is 0 Å². The number of carbonyl (C=O) groups excluding carboxylic acids is 1. The molecule has 0 radical (unpaired) electrons. The minimum atomic E-state index is 0.116. The summed E-state index contributed by atoms with van der Waals surface area (Å²) in [7, 11) is 0. The molecule has 0 bridgehead atoms. The summed E-state index contributed by atoms with van der Waals surface area (Å²) in [4.78, 5) is 22.8. The molecule has 21 heavy (non-hydrogen) atoms. The molecular weight excluding hydrogens is 264 g/mol. The maximum Gasteiger partial charge on any atom is 0.254 e. The van der Waals surface area contributed by atoms with Crippen molar-refractivity contribution in [1.29, 1.82) is 0 Å². The molecule has 1 aliphatic rings. The van der Waals surface area contributed by atoms with E-state index in [4.69, 9.17) is 0 Å². The van der Waals surface area contributed by atoms with Gasteiger partial charge in [-0.1, -0.05) is 0 Å². The summed E-state index contributed by atoms with van der Waals surface area (Å²) < 4.78 is 0. The Kier molecular flexibility index (Phi) is 4.21. The summed E-state index contributed by atoms with van der Waals surface area (Å²) in [6, 6.07) is 7.78. The molecule has 0 unspecified atom stereocenters. The second kappa shape index (κ2) is 6.45. The first-order valence-electron chi connectivity index (χ1n) is 7.31. The van der Waals surface area contributed by atoms with Crippen molar-refractivity contribution in [3.63, 3.8) is 0 Å². The Labute approximate surface area is 124 Å². The number of amides is 1. The fourth-order valence-electron chi connectivity index (χ4n) is 2.71. The zero-order chi connectivity index (χ0) is 14.5. The first-order valence-corrected chi connectivity index (χ1v) is 7.31. The monoisotopic (exact) mass is 284 g/mol. The normalized spacial score (nSPS) is 15.9. The van der Waals surface area contributed by atoms with Gasteiger partial charge in [-0.2, -0.15) is 0 Å². The van der Waals surface area contributed by atoms with Crippen molar-refractivity contribution >= 4 is 5.91 Å². The number of nitrogens with zero attached hydrogens (tertiary/aromatic N) is 2. The molecule has 2 aromatic heterocycles. The predicted octanol–water partition coefficient (Wildman–Crippen LogP) is -0.563. The molecule has 0 spiro atoms. The van der Waals surface area contributed by atoms with Crippen molar-refractivity contribution in [1.82, 2.24) is 9.88 Å². The van der Waals surface area contributed by atoms with Crippen LogP contribution in [0.2, 0.25) is 0 Å². The lowest BCUT2D eigenvalue weighted by atomic mass is 10.2. The second-order valence-corrected chi connectivity index (χ2v) is 5.36. The van der Waals surface area contributed by atoms with Gasteiger partial charge in [-0.15, -0.1) is 0 Å². The highest BCUT2D eigenvalue weighted by molar-refractivity contribution is 5.94. The third kappa shape index (κ3) is 3.44. The highest BCUT2D eigenvalue weighted by atomic mass is 16.2. The van der Waals surface area contributed by atoms with E-state index in [0.717, 1.165) is 38.3 Å². The highest BCUT2D eigenvalue weighted by Gasteiger charge is 2.24.